The molecule has 1 aromatic heterocycles. The largest absolute Gasteiger partial charge is 0.493 e. The van der Waals surface area contributed by atoms with Gasteiger partial charge in [-0.3, -0.25) is 4.79 Å². The molecular formula is C20H22N4O2. The molecule has 0 unspecified atom stereocenters. The van der Waals surface area contributed by atoms with E-state index in [-0.39, 0.29) is 12.4 Å². The number of benzene rings is 2. The molecule has 3 rings (SSSR count). The Bertz CT molecular complexity index is 960. The normalized spacial score (nSPS) is 11.3. The number of carbonyl (C=O) groups excluding carboxylic acids is 1. The minimum Gasteiger partial charge on any atom is -0.493 e. The van der Waals surface area contributed by atoms with Crippen molar-refractivity contribution in [1.29, 1.82) is 0 Å². The Labute approximate surface area is 152 Å². The zero-order valence-electron chi connectivity index (χ0n) is 14.9. The molecule has 0 saturated carbocycles. The van der Waals surface area contributed by atoms with E-state index in [2.05, 4.69) is 15.5 Å². The Hall–Kier alpha value is -3.15. The van der Waals surface area contributed by atoms with Crippen molar-refractivity contribution in [3.63, 3.8) is 0 Å². The quantitative estimate of drug-likeness (QED) is 0.627. The number of azo groups is 1. The fourth-order valence-electron chi connectivity index (χ4n) is 2.89. The maximum Gasteiger partial charge on any atom is 0.283 e. The average Bonchev–Trinajstić information content (AvgIpc) is 2.90. The van der Waals surface area contributed by atoms with Crippen LogP contribution in [0.3, 0.4) is 0 Å². The molecule has 0 saturated heterocycles. The van der Waals surface area contributed by atoms with E-state index in [0.29, 0.717) is 12.2 Å². The Balaban J connectivity index is 1.77. The molecule has 0 bridgehead atoms. The minimum atomic E-state index is -0.404. The van der Waals surface area contributed by atoms with Gasteiger partial charge in [0.05, 0.1) is 12.1 Å². The number of nitrogens with zero attached hydrogens (tertiary/aromatic N) is 3. The highest BCUT2D eigenvalue weighted by atomic mass is 16.3. The number of aromatic nitrogens is 1. The van der Waals surface area contributed by atoms with Crippen LogP contribution >= 0.6 is 0 Å². The van der Waals surface area contributed by atoms with Crippen LogP contribution in [0.2, 0.25) is 0 Å². The third kappa shape index (κ3) is 3.74. The van der Waals surface area contributed by atoms with E-state index in [1.165, 1.54) is 0 Å². The molecule has 1 heterocycles. The maximum absolute atomic E-state index is 12.0. The third-order valence-corrected chi connectivity index (χ3v) is 4.09. The lowest BCUT2D eigenvalue weighted by atomic mass is 10.2. The maximum atomic E-state index is 12.0. The summed E-state index contributed by atoms with van der Waals surface area (Å²) in [6, 6.07) is 15.3. The van der Waals surface area contributed by atoms with Crippen LogP contribution in [0.15, 0.2) is 58.8 Å². The van der Waals surface area contributed by atoms with Crippen molar-refractivity contribution < 1.29 is 9.90 Å². The molecule has 0 radical (unpaired) electrons. The van der Waals surface area contributed by atoms with Crippen LogP contribution in [0.5, 0.6) is 5.88 Å². The van der Waals surface area contributed by atoms with Crippen LogP contribution in [0.25, 0.3) is 10.9 Å². The highest BCUT2D eigenvalue weighted by Crippen LogP contribution is 2.38. The molecule has 0 fully saturated rings. The molecule has 26 heavy (non-hydrogen) atoms. The van der Waals surface area contributed by atoms with Gasteiger partial charge in [-0.05, 0) is 37.1 Å². The van der Waals surface area contributed by atoms with Crippen molar-refractivity contribution in [2.75, 3.05) is 11.9 Å². The summed E-state index contributed by atoms with van der Waals surface area (Å²) >= 11 is 0. The Morgan fingerprint density at radius 2 is 2.00 bits per heavy atom. The lowest BCUT2D eigenvalue weighted by Gasteiger charge is -2.04. The number of hydrogen-bond donors (Lipinski definition) is 2. The molecule has 0 atom stereocenters. The van der Waals surface area contributed by atoms with Gasteiger partial charge >= 0.3 is 0 Å². The number of hydrogen-bond acceptors (Lipinski definition) is 4. The van der Waals surface area contributed by atoms with Gasteiger partial charge in [0.2, 0.25) is 5.88 Å². The van der Waals surface area contributed by atoms with E-state index in [0.717, 1.165) is 28.6 Å². The van der Waals surface area contributed by atoms with Gasteiger partial charge in [0.1, 0.15) is 0 Å². The topological polar surface area (TPSA) is 79.0 Å². The monoisotopic (exact) mass is 350 g/mol. The van der Waals surface area contributed by atoms with Crippen molar-refractivity contribution in [2.24, 2.45) is 10.2 Å². The number of amides is 1. The molecule has 6 nitrogen and oxygen atoms in total. The predicted octanol–water partition coefficient (Wildman–Crippen LogP) is 4.79. The highest BCUT2D eigenvalue weighted by Gasteiger charge is 2.16. The van der Waals surface area contributed by atoms with E-state index in [9.17, 15) is 9.90 Å². The summed E-state index contributed by atoms with van der Waals surface area (Å²) in [7, 11) is 0. The van der Waals surface area contributed by atoms with Gasteiger partial charge in [-0.1, -0.05) is 37.3 Å². The summed E-state index contributed by atoms with van der Waals surface area (Å²) in [5.41, 5.74) is 3.18. The lowest BCUT2D eigenvalue weighted by Crippen LogP contribution is -2.10. The first-order valence-electron chi connectivity index (χ1n) is 8.65. The summed E-state index contributed by atoms with van der Waals surface area (Å²) in [5.74, 6) is -0.366. The SMILES string of the molecule is CCCn1c(O)c(N=NC(=O)CNc2cccc(C)c2)c2ccccc21. The molecular weight excluding hydrogens is 328 g/mol. The van der Waals surface area contributed by atoms with Gasteiger partial charge in [-0.25, -0.2) is 0 Å². The Morgan fingerprint density at radius 1 is 1.19 bits per heavy atom. The first-order chi connectivity index (χ1) is 12.6. The molecule has 1 amide bonds. The van der Waals surface area contributed by atoms with E-state index >= 15 is 0 Å². The van der Waals surface area contributed by atoms with Crippen LogP contribution in [-0.4, -0.2) is 22.1 Å². The number of carbonyl (C=O) groups is 1. The minimum absolute atomic E-state index is 0.0382. The fourth-order valence-corrected chi connectivity index (χ4v) is 2.89. The van der Waals surface area contributed by atoms with Gasteiger partial charge < -0.3 is 15.0 Å². The van der Waals surface area contributed by atoms with Crippen molar-refractivity contribution in [2.45, 2.75) is 26.8 Å². The molecule has 2 N–H and O–H groups in total. The van der Waals surface area contributed by atoms with Crippen LogP contribution in [-0.2, 0) is 11.3 Å². The predicted molar refractivity (Wildman–Crippen MR) is 103 cm³/mol. The van der Waals surface area contributed by atoms with Gasteiger partial charge in [0.25, 0.3) is 5.91 Å². The molecule has 0 aliphatic carbocycles. The lowest BCUT2D eigenvalue weighted by molar-refractivity contribution is -0.116. The summed E-state index contributed by atoms with van der Waals surface area (Å²) in [4.78, 5) is 12.0. The second-order valence-electron chi connectivity index (χ2n) is 6.16. The summed E-state index contributed by atoms with van der Waals surface area (Å²) in [6.07, 6.45) is 0.877. The van der Waals surface area contributed by atoms with Crippen LogP contribution in [0.4, 0.5) is 11.4 Å². The number of fused-ring (bicyclic) bond motifs is 1. The van der Waals surface area contributed by atoms with E-state index in [1.54, 1.807) is 4.57 Å². The average molecular weight is 350 g/mol. The van der Waals surface area contributed by atoms with Crippen molar-refractivity contribution in [1.82, 2.24) is 4.57 Å². The second-order valence-corrected chi connectivity index (χ2v) is 6.16. The van der Waals surface area contributed by atoms with E-state index in [1.807, 2.05) is 62.4 Å². The smallest absolute Gasteiger partial charge is 0.283 e. The first-order valence-corrected chi connectivity index (χ1v) is 8.65. The van der Waals surface area contributed by atoms with Gasteiger partial charge in [-0.15, -0.1) is 10.2 Å². The Morgan fingerprint density at radius 3 is 2.77 bits per heavy atom. The van der Waals surface area contributed by atoms with Crippen LogP contribution < -0.4 is 5.32 Å². The molecule has 2 aromatic carbocycles. The van der Waals surface area contributed by atoms with E-state index < -0.39 is 5.91 Å². The molecule has 6 heteroatoms. The zero-order chi connectivity index (χ0) is 18.5. The van der Waals surface area contributed by atoms with Crippen LogP contribution in [0, 0.1) is 6.92 Å². The van der Waals surface area contributed by atoms with Crippen molar-refractivity contribution >= 4 is 28.2 Å². The Kier molecular flexibility index (Phi) is 5.31. The second kappa shape index (κ2) is 7.82. The molecule has 0 aliphatic heterocycles. The fraction of sp³-hybridized carbons (Fsp3) is 0.250. The standard InChI is InChI=1S/C20H22N4O2/c1-3-11-24-17-10-5-4-9-16(17)19(20(24)26)23-22-18(25)13-21-15-8-6-7-14(2)12-15/h4-10,12,21,26H,3,11,13H2,1-2H3. The van der Waals surface area contributed by atoms with Crippen molar-refractivity contribution in [3.8, 4) is 5.88 Å². The van der Waals surface area contributed by atoms with Gasteiger partial charge in [-0.2, -0.15) is 0 Å². The number of rotatable bonds is 6. The number of nitrogens with one attached hydrogen (secondary N) is 1. The number of aromatic hydroxyl groups is 1. The molecule has 0 spiro atoms. The number of anilines is 1. The van der Waals surface area contributed by atoms with Gasteiger partial charge in [0, 0.05) is 17.6 Å². The zero-order valence-corrected chi connectivity index (χ0v) is 14.9. The number of aryl methyl sites for hydroxylation is 2. The van der Waals surface area contributed by atoms with E-state index in [4.69, 9.17) is 0 Å². The third-order valence-electron chi connectivity index (χ3n) is 4.09. The van der Waals surface area contributed by atoms with Crippen LogP contribution in [0.1, 0.15) is 18.9 Å². The molecule has 3 aromatic rings. The highest BCUT2D eigenvalue weighted by molar-refractivity contribution is 5.95. The first kappa shape index (κ1) is 17.7. The molecule has 0 aliphatic rings. The summed E-state index contributed by atoms with van der Waals surface area (Å²) < 4.78 is 1.79. The van der Waals surface area contributed by atoms with Crippen molar-refractivity contribution in [3.05, 3.63) is 54.1 Å². The van der Waals surface area contributed by atoms with Gasteiger partial charge in [0.15, 0.2) is 5.69 Å². The summed E-state index contributed by atoms with van der Waals surface area (Å²) in [6.45, 7) is 4.74. The number of para-hydroxylation sites is 1. The molecule has 134 valence electrons. The summed E-state index contributed by atoms with van der Waals surface area (Å²) in [5, 5.41) is 22.1.